The first-order valence-corrected chi connectivity index (χ1v) is 0.775. The summed E-state index contributed by atoms with van der Waals surface area (Å²) in [6, 6.07) is 0. The first-order valence-electron chi connectivity index (χ1n) is 0.775. The fourth-order valence-electron chi connectivity index (χ4n) is 0. The van der Waals surface area contributed by atoms with Crippen LogP contribution in [0.1, 0.15) is 0 Å². The van der Waals surface area contributed by atoms with E-state index in [0.29, 0.717) is 0 Å². The summed E-state index contributed by atoms with van der Waals surface area (Å²) in [6.45, 7) is 0. The maximum absolute atomic E-state index is 7.17. The van der Waals surface area contributed by atoms with E-state index in [4.69, 9.17) is 15.1 Å². The molecule has 0 spiro atoms. The molecule has 0 unspecified atom stereocenters. The van der Waals surface area contributed by atoms with Gasteiger partial charge in [-0.1, -0.05) is 0 Å². The molecule has 0 atom stereocenters. The number of rotatable bonds is 0. The van der Waals surface area contributed by atoms with E-state index >= 15 is 0 Å². The van der Waals surface area contributed by atoms with E-state index in [9.17, 15) is 0 Å². The van der Waals surface area contributed by atoms with Gasteiger partial charge in [-0.05, 0) is 0 Å². The SMILES string of the molecule is OB(O)O.[Hf]. The standard InChI is InChI=1S/BH3O3.Hf/c2-1(3)4;/h2-4H;. The van der Waals surface area contributed by atoms with Gasteiger partial charge in [0.05, 0.1) is 0 Å². The Labute approximate surface area is 48.6 Å². The van der Waals surface area contributed by atoms with E-state index in [1.807, 2.05) is 0 Å². The molecule has 0 aromatic rings. The largest absolute Gasteiger partial charge is 0.631 e. The Morgan fingerprint density at radius 1 is 1.00 bits per heavy atom. The average Bonchev–Trinajstić information content (AvgIpc) is 0.811. The molecule has 0 amide bonds. The van der Waals surface area contributed by atoms with Gasteiger partial charge >= 0.3 is 7.32 Å². The van der Waals surface area contributed by atoms with Crippen LogP contribution in [0.25, 0.3) is 0 Å². The molecule has 0 radical (unpaired) electrons. The Morgan fingerprint density at radius 3 is 1.00 bits per heavy atom. The van der Waals surface area contributed by atoms with E-state index < -0.39 is 7.32 Å². The molecular formula is H3BHfO3. The third-order valence-electron chi connectivity index (χ3n) is 0. The average molecular weight is 240 g/mol. The van der Waals surface area contributed by atoms with E-state index in [0.717, 1.165) is 0 Å². The van der Waals surface area contributed by atoms with Crippen LogP contribution in [0.3, 0.4) is 0 Å². The van der Waals surface area contributed by atoms with Crippen molar-refractivity contribution in [3.63, 3.8) is 0 Å². The maximum atomic E-state index is 7.17. The van der Waals surface area contributed by atoms with Crippen molar-refractivity contribution < 1.29 is 40.9 Å². The summed E-state index contributed by atoms with van der Waals surface area (Å²) in [5.41, 5.74) is 0. The fourth-order valence-corrected chi connectivity index (χ4v) is 0. The number of hydrogen-bond acceptors (Lipinski definition) is 3. The zero-order chi connectivity index (χ0) is 3.58. The summed E-state index contributed by atoms with van der Waals surface area (Å²) < 4.78 is 0. The van der Waals surface area contributed by atoms with Crippen molar-refractivity contribution in [3.05, 3.63) is 0 Å². The topological polar surface area (TPSA) is 60.7 Å². The summed E-state index contributed by atoms with van der Waals surface area (Å²) in [6.07, 6.45) is 0. The Morgan fingerprint density at radius 2 is 1.00 bits per heavy atom. The molecule has 0 aromatic carbocycles. The molecule has 28 valence electrons. The molecule has 5 heavy (non-hydrogen) atoms. The molecular weight excluding hydrogens is 237 g/mol. The van der Waals surface area contributed by atoms with Gasteiger partial charge < -0.3 is 15.1 Å². The molecule has 3 N–H and O–H groups in total. The normalized spacial score (nSPS) is 5.40. The predicted octanol–water partition coefficient (Wildman–Crippen LogP) is -2.05. The minimum atomic E-state index is -2.17. The summed E-state index contributed by atoms with van der Waals surface area (Å²) in [4.78, 5) is 0. The molecule has 0 aliphatic carbocycles. The van der Waals surface area contributed by atoms with E-state index in [1.165, 1.54) is 0 Å². The summed E-state index contributed by atoms with van der Waals surface area (Å²) in [5, 5.41) is 21.5. The number of hydrogen-bond donors (Lipinski definition) is 3. The van der Waals surface area contributed by atoms with Gasteiger partial charge in [-0.3, -0.25) is 0 Å². The minimum absolute atomic E-state index is 0. The third-order valence-corrected chi connectivity index (χ3v) is 0. The van der Waals surface area contributed by atoms with Gasteiger partial charge in [0, 0.05) is 25.8 Å². The molecule has 0 bridgehead atoms. The molecule has 3 nitrogen and oxygen atoms in total. The zero-order valence-corrected chi connectivity index (χ0v) is 6.01. The van der Waals surface area contributed by atoms with Crippen molar-refractivity contribution in [1.82, 2.24) is 0 Å². The van der Waals surface area contributed by atoms with E-state index in [-0.39, 0.29) is 25.8 Å². The van der Waals surface area contributed by atoms with Gasteiger partial charge in [0.15, 0.2) is 0 Å². The van der Waals surface area contributed by atoms with E-state index in [1.54, 1.807) is 0 Å². The monoisotopic (exact) mass is 242 g/mol. The molecule has 0 rings (SSSR count). The van der Waals surface area contributed by atoms with Crippen molar-refractivity contribution in [2.45, 2.75) is 0 Å². The van der Waals surface area contributed by atoms with Crippen molar-refractivity contribution in [2.75, 3.05) is 0 Å². The second kappa shape index (κ2) is 4.82. The van der Waals surface area contributed by atoms with Crippen LogP contribution >= 0.6 is 0 Å². The molecule has 0 heterocycles. The smallest absolute Gasteiger partial charge is 0.402 e. The maximum Gasteiger partial charge on any atom is 0.631 e. The van der Waals surface area contributed by atoms with Crippen LogP contribution in [-0.2, 0) is 25.8 Å². The first-order chi connectivity index (χ1) is 1.73. The van der Waals surface area contributed by atoms with Crippen LogP contribution in [0, 0.1) is 0 Å². The van der Waals surface area contributed by atoms with Crippen LogP contribution < -0.4 is 0 Å². The summed E-state index contributed by atoms with van der Waals surface area (Å²) in [5.74, 6) is 0. The van der Waals surface area contributed by atoms with Gasteiger partial charge in [0.25, 0.3) is 0 Å². The molecule has 0 saturated heterocycles. The van der Waals surface area contributed by atoms with Crippen LogP contribution in [0.2, 0.25) is 0 Å². The van der Waals surface area contributed by atoms with Gasteiger partial charge in [-0.15, -0.1) is 0 Å². The molecule has 0 aromatic heterocycles. The van der Waals surface area contributed by atoms with Crippen molar-refractivity contribution in [3.8, 4) is 0 Å². The summed E-state index contributed by atoms with van der Waals surface area (Å²) >= 11 is 0. The molecule has 5 heteroatoms. The van der Waals surface area contributed by atoms with Gasteiger partial charge in [-0.2, -0.15) is 0 Å². The quantitative estimate of drug-likeness (QED) is 0.427. The van der Waals surface area contributed by atoms with Crippen molar-refractivity contribution in [1.29, 1.82) is 0 Å². The van der Waals surface area contributed by atoms with Gasteiger partial charge in [-0.25, -0.2) is 0 Å². The Hall–Kier alpha value is 0.815. The predicted molar refractivity (Wildman–Crippen MR) is 12.4 cm³/mol. The van der Waals surface area contributed by atoms with Crippen LogP contribution in [0.15, 0.2) is 0 Å². The second-order valence-electron chi connectivity index (χ2n) is 0.346. The van der Waals surface area contributed by atoms with Crippen molar-refractivity contribution in [2.24, 2.45) is 0 Å². The fraction of sp³-hybridized carbons (Fsp3) is 0. The van der Waals surface area contributed by atoms with Crippen LogP contribution in [0.5, 0.6) is 0 Å². The van der Waals surface area contributed by atoms with Gasteiger partial charge in [0.2, 0.25) is 0 Å². The van der Waals surface area contributed by atoms with Crippen molar-refractivity contribution >= 4 is 7.32 Å². The van der Waals surface area contributed by atoms with Crippen LogP contribution in [0.4, 0.5) is 0 Å². The molecule has 0 saturated carbocycles. The molecule has 0 aliphatic rings. The second-order valence-corrected chi connectivity index (χ2v) is 0.346. The van der Waals surface area contributed by atoms with Crippen LogP contribution in [-0.4, -0.2) is 22.4 Å². The Kier molecular flexibility index (Phi) is 8.92. The molecule has 0 aliphatic heterocycles. The summed E-state index contributed by atoms with van der Waals surface area (Å²) in [7, 11) is -2.17. The third kappa shape index (κ3) is 57.4. The minimum Gasteiger partial charge on any atom is -0.402 e. The Bertz CT molecular complexity index is 11.6. The first kappa shape index (κ1) is 9.26. The zero-order valence-electron chi connectivity index (χ0n) is 2.42. The molecule has 0 fully saturated rings. The van der Waals surface area contributed by atoms with Gasteiger partial charge in [0.1, 0.15) is 0 Å². The Balaban J connectivity index is 0. The van der Waals surface area contributed by atoms with E-state index in [2.05, 4.69) is 0 Å².